The Kier molecular flexibility index (Phi) is 4.09. The summed E-state index contributed by atoms with van der Waals surface area (Å²) in [6.07, 6.45) is 2.39. The predicted octanol–water partition coefficient (Wildman–Crippen LogP) is 1.94. The van der Waals surface area contributed by atoms with Gasteiger partial charge < -0.3 is 15.5 Å². The number of aliphatic hydroxyl groups excluding tert-OH is 1. The Morgan fingerprint density at radius 2 is 2.22 bits per heavy atom. The maximum atomic E-state index is 11.8. The van der Waals surface area contributed by atoms with Crippen molar-refractivity contribution < 1.29 is 15.0 Å². The molecule has 4 nitrogen and oxygen atoms in total. The zero-order chi connectivity index (χ0) is 13.1. The number of hydrogen-bond donors (Lipinski definition) is 3. The van der Waals surface area contributed by atoms with Crippen LogP contribution in [-0.2, 0) is 0 Å². The molecule has 98 valence electrons. The van der Waals surface area contributed by atoms with Crippen LogP contribution in [0, 0.1) is 5.92 Å². The molecule has 1 aromatic rings. The topological polar surface area (TPSA) is 69.6 Å². The molecule has 2 unspecified atom stereocenters. The molecule has 0 spiro atoms. The first-order chi connectivity index (χ1) is 8.58. The minimum atomic E-state index is -0.344. The molecule has 1 saturated carbocycles. The van der Waals surface area contributed by atoms with E-state index in [1.165, 1.54) is 12.1 Å². The average molecular weight is 270 g/mol. The van der Waals surface area contributed by atoms with Gasteiger partial charge in [-0.15, -0.1) is 0 Å². The Morgan fingerprint density at radius 3 is 2.83 bits per heavy atom. The summed E-state index contributed by atoms with van der Waals surface area (Å²) in [6.45, 7) is 0.433. The Labute approximate surface area is 111 Å². The van der Waals surface area contributed by atoms with Crippen molar-refractivity contribution in [2.75, 3.05) is 6.54 Å². The highest BCUT2D eigenvalue weighted by molar-refractivity contribution is 6.30. The molecule has 0 bridgehead atoms. The molecule has 1 aromatic carbocycles. The number of phenols is 1. The van der Waals surface area contributed by atoms with E-state index >= 15 is 0 Å². The molecule has 1 aliphatic rings. The summed E-state index contributed by atoms with van der Waals surface area (Å²) in [7, 11) is 0. The molecule has 0 radical (unpaired) electrons. The smallest absolute Gasteiger partial charge is 0.255 e. The largest absolute Gasteiger partial charge is 0.507 e. The Bertz CT molecular complexity index is 450. The Hall–Kier alpha value is -1.26. The van der Waals surface area contributed by atoms with Gasteiger partial charge in [0.2, 0.25) is 0 Å². The minimum Gasteiger partial charge on any atom is -0.507 e. The van der Waals surface area contributed by atoms with Crippen LogP contribution in [0.25, 0.3) is 0 Å². The number of halogens is 1. The van der Waals surface area contributed by atoms with Crippen LogP contribution in [0.5, 0.6) is 5.75 Å². The van der Waals surface area contributed by atoms with Crippen molar-refractivity contribution >= 4 is 17.5 Å². The van der Waals surface area contributed by atoms with E-state index in [0.29, 0.717) is 11.6 Å². The van der Waals surface area contributed by atoms with Crippen LogP contribution >= 0.6 is 11.6 Å². The van der Waals surface area contributed by atoms with Gasteiger partial charge in [0, 0.05) is 17.5 Å². The van der Waals surface area contributed by atoms with Crippen molar-refractivity contribution in [2.24, 2.45) is 5.92 Å². The molecule has 1 fully saturated rings. The maximum Gasteiger partial charge on any atom is 0.255 e. The summed E-state index contributed by atoms with van der Waals surface area (Å²) < 4.78 is 0. The molecular formula is C13H16ClNO3. The van der Waals surface area contributed by atoms with Crippen molar-refractivity contribution in [2.45, 2.75) is 25.4 Å². The Balaban J connectivity index is 1.95. The molecule has 18 heavy (non-hydrogen) atoms. The number of nitrogens with one attached hydrogen (secondary N) is 1. The van der Waals surface area contributed by atoms with Crippen LogP contribution in [0.15, 0.2) is 18.2 Å². The van der Waals surface area contributed by atoms with Crippen LogP contribution in [0.1, 0.15) is 29.6 Å². The van der Waals surface area contributed by atoms with E-state index in [0.717, 1.165) is 19.3 Å². The number of phenolic OH excluding ortho intramolecular Hbond substituents is 1. The minimum absolute atomic E-state index is 0.114. The van der Waals surface area contributed by atoms with Gasteiger partial charge in [-0.2, -0.15) is 0 Å². The number of carbonyl (C=O) groups excluding carboxylic acids is 1. The second kappa shape index (κ2) is 5.59. The summed E-state index contributed by atoms with van der Waals surface area (Å²) in [5, 5.41) is 22.4. The van der Waals surface area contributed by atoms with Gasteiger partial charge in [0.15, 0.2) is 0 Å². The van der Waals surface area contributed by atoms with Crippen molar-refractivity contribution in [3.05, 3.63) is 28.8 Å². The first-order valence-electron chi connectivity index (χ1n) is 6.02. The van der Waals surface area contributed by atoms with E-state index < -0.39 is 0 Å². The number of hydrogen-bond acceptors (Lipinski definition) is 3. The van der Waals surface area contributed by atoms with Crippen molar-refractivity contribution in [3.63, 3.8) is 0 Å². The monoisotopic (exact) mass is 269 g/mol. The fourth-order valence-electron chi connectivity index (χ4n) is 2.27. The number of rotatable bonds is 3. The normalized spacial score (nSPS) is 23.0. The number of benzene rings is 1. The van der Waals surface area contributed by atoms with Crippen molar-refractivity contribution in [1.82, 2.24) is 5.32 Å². The van der Waals surface area contributed by atoms with Crippen molar-refractivity contribution in [3.8, 4) is 5.75 Å². The molecule has 0 heterocycles. The highest BCUT2D eigenvalue weighted by atomic mass is 35.5. The lowest BCUT2D eigenvalue weighted by molar-refractivity contribution is 0.0914. The predicted molar refractivity (Wildman–Crippen MR) is 68.8 cm³/mol. The molecular weight excluding hydrogens is 254 g/mol. The standard InChI is InChI=1S/C13H16ClNO3/c14-9-4-5-10(12(17)6-9)13(18)15-7-8-2-1-3-11(8)16/h4-6,8,11,16-17H,1-3,7H2,(H,15,18). The third-order valence-corrected chi connectivity index (χ3v) is 3.58. The molecule has 0 saturated heterocycles. The van der Waals surface area contributed by atoms with Crippen LogP contribution in [-0.4, -0.2) is 28.8 Å². The second-order valence-electron chi connectivity index (χ2n) is 4.63. The fraction of sp³-hybridized carbons (Fsp3) is 0.462. The van der Waals surface area contributed by atoms with Gasteiger partial charge in [0.25, 0.3) is 5.91 Å². The molecule has 5 heteroatoms. The van der Waals surface area contributed by atoms with Gasteiger partial charge in [0.1, 0.15) is 5.75 Å². The van der Waals surface area contributed by atoms with E-state index in [9.17, 15) is 15.0 Å². The van der Waals surface area contributed by atoms with Gasteiger partial charge in [-0.25, -0.2) is 0 Å². The van der Waals surface area contributed by atoms with Crippen LogP contribution in [0.3, 0.4) is 0 Å². The first kappa shape index (κ1) is 13.2. The van der Waals surface area contributed by atoms with Crippen LogP contribution < -0.4 is 5.32 Å². The lowest BCUT2D eigenvalue weighted by Crippen LogP contribution is -2.32. The van der Waals surface area contributed by atoms with Gasteiger partial charge in [-0.1, -0.05) is 18.0 Å². The number of aromatic hydroxyl groups is 1. The van der Waals surface area contributed by atoms with Gasteiger partial charge in [0.05, 0.1) is 11.7 Å². The average Bonchev–Trinajstić information content (AvgIpc) is 2.72. The summed E-state index contributed by atoms with van der Waals surface area (Å²) in [4.78, 5) is 11.8. The zero-order valence-electron chi connectivity index (χ0n) is 9.90. The molecule has 2 atom stereocenters. The van der Waals surface area contributed by atoms with Crippen molar-refractivity contribution in [1.29, 1.82) is 0 Å². The summed E-state index contributed by atoms with van der Waals surface area (Å²) in [5.41, 5.74) is 0.201. The lowest BCUT2D eigenvalue weighted by Gasteiger charge is -2.15. The highest BCUT2D eigenvalue weighted by Crippen LogP contribution is 2.25. The summed E-state index contributed by atoms with van der Waals surface area (Å²) in [6, 6.07) is 4.37. The zero-order valence-corrected chi connectivity index (χ0v) is 10.7. The van der Waals surface area contributed by atoms with E-state index in [1.54, 1.807) is 6.07 Å². The van der Waals surface area contributed by atoms with Crippen LogP contribution in [0.4, 0.5) is 0 Å². The van der Waals surface area contributed by atoms with E-state index in [1.807, 2.05) is 0 Å². The number of amides is 1. The highest BCUT2D eigenvalue weighted by Gasteiger charge is 2.25. The molecule has 1 amide bonds. The van der Waals surface area contributed by atoms with Gasteiger partial charge in [-0.05, 0) is 31.0 Å². The van der Waals surface area contributed by atoms with Crippen LogP contribution in [0.2, 0.25) is 5.02 Å². The number of aliphatic hydroxyl groups is 1. The van der Waals surface area contributed by atoms with E-state index in [-0.39, 0.29) is 29.2 Å². The molecule has 0 aromatic heterocycles. The van der Waals surface area contributed by atoms with E-state index in [2.05, 4.69) is 5.32 Å². The number of carbonyl (C=O) groups is 1. The molecule has 2 rings (SSSR count). The van der Waals surface area contributed by atoms with Gasteiger partial charge in [-0.3, -0.25) is 4.79 Å². The molecule has 3 N–H and O–H groups in total. The quantitative estimate of drug-likeness (QED) is 0.785. The SMILES string of the molecule is O=C(NCC1CCCC1O)c1ccc(Cl)cc1O. The first-order valence-corrected chi connectivity index (χ1v) is 6.40. The lowest BCUT2D eigenvalue weighted by atomic mass is 10.1. The summed E-state index contributed by atoms with van der Waals surface area (Å²) >= 11 is 5.70. The third-order valence-electron chi connectivity index (χ3n) is 3.35. The fourth-order valence-corrected chi connectivity index (χ4v) is 2.44. The Morgan fingerprint density at radius 1 is 1.44 bits per heavy atom. The molecule has 0 aliphatic heterocycles. The van der Waals surface area contributed by atoms with Gasteiger partial charge >= 0.3 is 0 Å². The summed E-state index contributed by atoms with van der Waals surface area (Å²) in [5.74, 6) is -0.362. The second-order valence-corrected chi connectivity index (χ2v) is 5.07. The molecule has 1 aliphatic carbocycles. The van der Waals surface area contributed by atoms with E-state index in [4.69, 9.17) is 11.6 Å². The maximum absolute atomic E-state index is 11.8. The third kappa shape index (κ3) is 2.94.